The minimum Gasteiger partial charge on any atom is -0.486 e. The minimum atomic E-state index is -0.332. The highest BCUT2D eigenvalue weighted by Gasteiger charge is 2.09. The fourth-order valence-electron chi connectivity index (χ4n) is 1.60. The van der Waals surface area contributed by atoms with E-state index in [2.05, 4.69) is 31.9 Å². The van der Waals surface area contributed by atoms with Crippen LogP contribution >= 0.6 is 31.9 Å². The Bertz CT molecular complexity index is 543. The highest BCUT2D eigenvalue weighted by molar-refractivity contribution is 9.10. The molecule has 0 aromatic heterocycles. The van der Waals surface area contributed by atoms with E-state index in [1.807, 2.05) is 30.3 Å². The Morgan fingerprint density at radius 2 is 1.89 bits per heavy atom. The molecule has 0 atom stereocenters. The second kappa shape index (κ2) is 6.34. The van der Waals surface area contributed by atoms with Crippen LogP contribution in [-0.4, -0.2) is 0 Å². The summed E-state index contributed by atoms with van der Waals surface area (Å²) in [5.41, 5.74) is 1.80. The molecule has 0 saturated heterocycles. The zero-order valence-electron chi connectivity index (χ0n) is 9.50. The lowest BCUT2D eigenvalue weighted by atomic mass is 10.2. The first-order valence-electron chi connectivity index (χ1n) is 5.41. The molecule has 0 aliphatic rings. The Labute approximate surface area is 122 Å². The van der Waals surface area contributed by atoms with Crippen molar-refractivity contribution in [3.05, 3.63) is 63.9 Å². The van der Waals surface area contributed by atoms with E-state index in [1.54, 1.807) is 6.07 Å². The predicted molar refractivity (Wildman–Crippen MR) is 77.5 cm³/mol. The zero-order chi connectivity index (χ0) is 13.0. The smallest absolute Gasteiger partial charge is 0.165 e. The third-order valence-electron chi connectivity index (χ3n) is 2.46. The van der Waals surface area contributed by atoms with Crippen LogP contribution in [0, 0.1) is 5.82 Å². The zero-order valence-corrected chi connectivity index (χ0v) is 12.7. The summed E-state index contributed by atoms with van der Waals surface area (Å²) < 4.78 is 20.2. The number of benzene rings is 2. The first kappa shape index (κ1) is 13.6. The molecule has 0 bridgehead atoms. The summed E-state index contributed by atoms with van der Waals surface area (Å²) in [6.07, 6.45) is 0. The van der Waals surface area contributed by atoms with Gasteiger partial charge in [0.25, 0.3) is 0 Å². The van der Waals surface area contributed by atoms with E-state index < -0.39 is 0 Å². The summed E-state index contributed by atoms with van der Waals surface area (Å²) >= 11 is 6.72. The second-order valence-corrected chi connectivity index (χ2v) is 5.26. The van der Waals surface area contributed by atoms with Gasteiger partial charge in [-0.1, -0.05) is 56.1 Å². The summed E-state index contributed by atoms with van der Waals surface area (Å²) in [5.74, 6) is -0.0173. The first-order chi connectivity index (χ1) is 8.70. The van der Waals surface area contributed by atoms with Crippen molar-refractivity contribution in [3.8, 4) is 5.75 Å². The SMILES string of the molecule is Fc1cccc(CBr)c1OCc1cccc(Br)c1. The number of halogens is 3. The van der Waals surface area contributed by atoms with Gasteiger partial charge in [-0.15, -0.1) is 0 Å². The largest absolute Gasteiger partial charge is 0.486 e. The summed E-state index contributed by atoms with van der Waals surface area (Å²) in [7, 11) is 0. The summed E-state index contributed by atoms with van der Waals surface area (Å²) in [6.45, 7) is 0.348. The van der Waals surface area contributed by atoms with E-state index in [0.29, 0.717) is 17.7 Å². The van der Waals surface area contributed by atoms with Crippen molar-refractivity contribution < 1.29 is 9.13 Å². The maximum absolute atomic E-state index is 13.7. The molecule has 0 spiro atoms. The van der Waals surface area contributed by atoms with E-state index in [0.717, 1.165) is 15.6 Å². The van der Waals surface area contributed by atoms with Gasteiger partial charge in [-0.2, -0.15) is 0 Å². The molecule has 18 heavy (non-hydrogen) atoms. The fraction of sp³-hybridized carbons (Fsp3) is 0.143. The van der Waals surface area contributed by atoms with Crippen LogP contribution in [0.25, 0.3) is 0 Å². The molecule has 0 heterocycles. The quantitative estimate of drug-likeness (QED) is 0.680. The maximum atomic E-state index is 13.7. The number of ether oxygens (including phenoxy) is 1. The third-order valence-corrected chi connectivity index (χ3v) is 3.56. The van der Waals surface area contributed by atoms with Crippen molar-refractivity contribution in [2.24, 2.45) is 0 Å². The van der Waals surface area contributed by atoms with Crippen LogP contribution in [0.4, 0.5) is 4.39 Å². The minimum absolute atomic E-state index is 0.314. The summed E-state index contributed by atoms with van der Waals surface area (Å²) in [6, 6.07) is 12.7. The average Bonchev–Trinajstić information content (AvgIpc) is 2.37. The van der Waals surface area contributed by atoms with Crippen molar-refractivity contribution in [1.29, 1.82) is 0 Å². The lowest BCUT2D eigenvalue weighted by molar-refractivity contribution is 0.288. The molecule has 0 radical (unpaired) electrons. The van der Waals surface area contributed by atoms with Crippen molar-refractivity contribution in [1.82, 2.24) is 0 Å². The topological polar surface area (TPSA) is 9.23 Å². The highest BCUT2D eigenvalue weighted by atomic mass is 79.9. The molecule has 94 valence electrons. The predicted octanol–water partition coefficient (Wildman–Crippen LogP) is 5.06. The van der Waals surface area contributed by atoms with Crippen LogP contribution in [0.15, 0.2) is 46.9 Å². The van der Waals surface area contributed by atoms with E-state index in [1.165, 1.54) is 6.07 Å². The van der Waals surface area contributed by atoms with E-state index in [9.17, 15) is 4.39 Å². The van der Waals surface area contributed by atoms with Gasteiger partial charge < -0.3 is 4.74 Å². The Morgan fingerprint density at radius 3 is 2.61 bits per heavy atom. The molecule has 4 heteroatoms. The molecule has 1 nitrogen and oxygen atoms in total. The number of hydrogen-bond donors (Lipinski definition) is 0. The van der Waals surface area contributed by atoms with Crippen molar-refractivity contribution in [2.45, 2.75) is 11.9 Å². The fourth-order valence-corrected chi connectivity index (χ4v) is 2.49. The molecule has 0 saturated carbocycles. The van der Waals surface area contributed by atoms with Crippen molar-refractivity contribution in [2.75, 3.05) is 0 Å². The molecule has 2 rings (SSSR count). The van der Waals surface area contributed by atoms with Crippen LogP contribution in [0.5, 0.6) is 5.75 Å². The number of alkyl halides is 1. The molecular weight excluding hydrogens is 363 g/mol. The van der Waals surface area contributed by atoms with Gasteiger partial charge in [0.05, 0.1) is 0 Å². The number of rotatable bonds is 4. The number of hydrogen-bond acceptors (Lipinski definition) is 1. The molecule has 0 aliphatic heterocycles. The van der Waals surface area contributed by atoms with Crippen molar-refractivity contribution in [3.63, 3.8) is 0 Å². The Hall–Kier alpha value is -0.870. The monoisotopic (exact) mass is 372 g/mol. The molecule has 0 amide bonds. The highest BCUT2D eigenvalue weighted by Crippen LogP contribution is 2.26. The second-order valence-electron chi connectivity index (χ2n) is 3.78. The molecule has 0 unspecified atom stereocenters. The Morgan fingerprint density at radius 1 is 1.11 bits per heavy atom. The van der Waals surface area contributed by atoms with Gasteiger partial charge in [-0.25, -0.2) is 4.39 Å². The van der Waals surface area contributed by atoms with Gasteiger partial charge in [0.2, 0.25) is 0 Å². The maximum Gasteiger partial charge on any atom is 0.165 e. The molecule has 0 fully saturated rings. The molecular formula is C14H11Br2FO. The van der Waals surface area contributed by atoms with E-state index >= 15 is 0 Å². The van der Waals surface area contributed by atoms with Gasteiger partial charge in [0, 0.05) is 15.4 Å². The van der Waals surface area contributed by atoms with Crippen LogP contribution in [0.1, 0.15) is 11.1 Å². The van der Waals surface area contributed by atoms with Gasteiger partial charge in [-0.3, -0.25) is 0 Å². The lowest BCUT2D eigenvalue weighted by Gasteiger charge is -2.11. The van der Waals surface area contributed by atoms with Crippen molar-refractivity contribution >= 4 is 31.9 Å². The first-order valence-corrected chi connectivity index (χ1v) is 7.32. The Kier molecular flexibility index (Phi) is 4.78. The van der Waals surface area contributed by atoms with E-state index in [-0.39, 0.29) is 5.82 Å². The standard InChI is InChI=1S/C14H11Br2FO/c15-8-11-4-2-6-13(17)14(11)18-9-10-3-1-5-12(16)7-10/h1-7H,8-9H2. The van der Waals surface area contributed by atoms with Gasteiger partial charge in [0.1, 0.15) is 6.61 Å². The molecule has 2 aromatic carbocycles. The summed E-state index contributed by atoms with van der Waals surface area (Å²) in [5, 5.41) is 0.568. The Balaban J connectivity index is 2.15. The number of para-hydroxylation sites is 1. The van der Waals surface area contributed by atoms with Gasteiger partial charge in [0.15, 0.2) is 11.6 Å². The lowest BCUT2D eigenvalue weighted by Crippen LogP contribution is -2.00. The van der Waals surface area contributed by atoms with E-state index in [4.69, 9.17) is 4.74 Å². The normalized spacial score (nSPS) is 10.4. The molecule has 2 aromatic rings. The third kappa shape index (κ3) is 3.33. The average molecular weight is 374 g/mol. The van der Waals surface area contributed by atoms with Crippen LogP contribution in [0.3, 0.4) is 0 Å². The molecule has 0 N–H and O–H groups in total. The molecule has 0 aliphatic carbocycles. The van der Waals surface area contributed by atoms with Gasteiger partial charge >= 0.3 is 0 Å². The van der Waals surface area contributed by atoms with Gasteiger partial charge in [-0.05, 0) is 23.8 Å². The van der Waals surface area contributed by atoms with Crippen LogP contribution in [0.2, 0.25) is 0 Å². The van der Waals surface area contributed by atoms with Crippen LogP contribution in [-0.2, 0) is 11.9 Å². The summed E-state index contributed by atoms with van der Waals surface area (Å²) in [4.78, 5) is 0. The van der Waals surface area contributed by atoms with Crippen LogP contribution < -0.4 is 4.74 Å².